The lowest BCUT2D eigenvalue weighted by molar-refractivity contribution is -0.138. The Kier molecular flexibility index (Phi) is 5.82. The lowest BCUT2D eigenvalue weighted by atomic mass is 10.2. The summed E-state index contributed by atoms with van der Waals surface area (Å²) in [5.74, 6) is 0.690. The van der Waals surface area contributed by atoms with Crippen molar-refractivity contribution in [1.82, 2.24) is 20.2 Å². The number of H-pyrrole nitrogens is 1. The molecule has 6 nitrogen and oxygen atoms in total. The van der Waals surface area contributed by atoms with Gasteiger partial charge >= 0.3 is 0 Å². The van der Waals surface area contributed by atoms with Crippen molar-refractivity contribution in [2.45, 2.75) is 33.3 Å². The molecule has 2 heterocycles. The Morgan fingerprint density at radius 1 is 1.35 bits per heavy atom. The fraction of sp³-hybridized carbons (Fsp3) is 0.385. The summed E-state index contributed by atoms with van der Waals surface area (Å²) in [6.45, 7) is 7.86. The molecule has 108 valence electrons. The number of aryl methyl sites for hydroxylation is 1. The summed E-state index contributed by atoms with van der Waals surface area (Å²) in [6.07, 6.45) is 1.47. The standard InChI is InChI=1S/C8H7BrN4.C5H10O2/c1-5-6(9)2-3-7(12-5)8-10-4-11-13-8;1-5(2,3)7-4-6/h2-4H,1H3,(H,10,11,13);4H,1-3H3. The van der Waals surface area contributed by atoms with Crippen LogP contribution in [0.5, 0.6) is 0 Å². The van der Waals surface area contributed by atoms with Crippen LogP contribution in [0.15, 0.2) is 22.9 Å². The molecule has 0 aliphatic rings. The summed E-state index contributed by atoms with van der Waals surface area (Å²) in [5.41, 5.74) is 1.42. The average molecular weight is 341 g/mol. The van der Waals surface area contributed by atoms with E-state index in [0.29, 0.717) is 12.3 Å². The average Bonchev–Trinajstić information content (AvgIpc) is 2.85. The van der Waals surface area contributed by atoms with Crippen molar-refractivity contribution in [3.63, 3.8) is 0 Å². The molecule has 20 heavy (non-hydrogen) atoms. The van der Waals surface area contributed by atoms with E-state index < -0.39 is 0 Å². The number of aromatic amines is 1. The van der Waals surface area contributed by atoms with E-state index in [0.717, 1.165) is 15.9 Å². The number of carbonyl (C=O) groups is 1. The summed E-state index contributed by atoms with van der Waals surface area (Å²) in [6, 6.07) is 3.83. The van der Waals surface area contributed by atoms with Crippen LogP contribution in [0.1, 0.15) is 26.5 Å². The molecule has 0 saturated carbocycles. The van der Waals surface area contributed by atoms with Gasteiger partial charge in [0.15, 0.2) is 5.82 Å². The molecule has 0 amide bonds. The van der Waals surface area contributed by atoms with E-state index in [4.69, 9.17) is 0 Å². The minimum absolute atomic E-state index is 0.318. The normalized spacial score (nSPS) is 10.4. The highest BCUT2D eigenvalue weighted by molar-refractivity contribution is 9.10. The minimum atomic E-state index is -0.318. The van der Waals surface area contributed by atoms with Crippen LogP contribution in [0.3, 0.4) is 0 Å². The van der Waals surface area contributed by atoms with E-state index in [1.54, 1.807) is 0 Å². The van der Waals surface area contributed by atoms with Crippen molar-refractivity contribution in [2.24, 2.45) is 0 Å². The first kappa shape index (κ1) is 16.3. The highest BCUT2D eigenvalue weighted by atomic mass is 79.9. The van der Waals surface area contributed by atoms with Crippen molar-refractivity contribution < 1.29 is 9.53 Å². The van der Waals surface area contributed by atoms with Crippen molar-refractivity contribution in [3.05, 3.63) is 28.6 Å². The second kappa shape index (κ2) is 7.14. The molecule has 0 unspecified atom stereocenters. The number of halogens is 1. The van der Waals surface area contributed by atoms with Gasteiger partial charge in [-0.3, -0.25) is 9.89 Å². The van der Waals surface area contributed by atoms with Crippen molar-refractivity contribution in [1.29, 1.82) is 0 Å². The third-order valence-corrected chi connectivity index (χ3v) is 2.92. The zero-order valence-corrected chi connectivity index (χ0v) is 13.4. The summed E-state index contributed by atoms with van der Waals surface area (Å²) >= 11 is 3.38. The van der Waals surface area contributed by atoms with Gasteiger partial charge in [-0.25, -0.2) is 9.97 Å². The van der Waals surface area contributed by atoms with E-state index >= 15 is 0 Å². The fourth-order valence-corrected chi connectivity index (χ4v) is 1.37. The smallest absolute Gasteiger partial charge is 0.293 e. The molecule has 2 aromatic heterocycles. The van der Waals surface area contributed by atoms with Gasteiger partial charge in [0.05, 0.1) is 5.69 Å². The lowest BCUT2D eigenvalue weighted by Gasteiger charge is -2.14. The number of hydrogen-bond donors (Lipinski definition) is 1. The summed E-state index contributed by atoms with van der Waals surface area (Å²) in [4.78, 5) is 17.9. The van der Waals surface area contributed by atoms with Crippen LogP contribution in [0, 0.1) is 6.92 Å². The van der Waals surface area contributed by atoms with Gasteiger partial charge in [0.1, 0.15) is 17.6 Å². The number of pyridine rings is 1. The van der Waals surface area contributed by atoms with Gasteiger partial charge in [-0.2, -0.15) is 5.10 Å². The highest BCUT2D eigenvalue weighted by Crippen LogP contribution is 2.18. The molecule has 0 radical (unpaired) electrons. The number of ether oxygens (including phenoxy) is 1. The number of rotatable bonds is 2. The number of hydrogen-bond acceptors (Lipinski definition) is 5. The van der Waals surface area contributed by atoms with Crippen molar-refractivity contribution >= 4 is 22.4 Å². The molecule has 2 rings (SSSR count). The summed E-state index contributed by atoms with van der Waals surface area (Å²) in [7, 11) is 0. The summed E-state index contributed by atoms with van der Waals surface area (Å²) < 4.78 is 5.54. The maximum absolute atomic E-state index is 9.60. The third-order valence-electron chi connectivity index (χ3n) is 2.08. The van der Waals surface area contributed by atoms with Crippen molar-refractivity contribution in [3.8, 4) is 11.5 Å². The number of nitrogens with zero attached hydrogens (tertiary/aromatic N) is 3. The lowest BCUT2D eigenvalue weighted by Crippen LogP contribution is -2.17. The fourth-order valence-electron chi connectivity index (χ4n) is 1.15. The van der Waals surface area contributed by atoms with Gasteiger partial charge in [-0.15, -0.1) is 0 Å². The molecule has 0 bridgehead atoms. The first-order valence-electron chi connectivity index (χ1n) is 5.94. The molecule has 0 atom stereocenters. The van der Waals surface area contributed by atoms with E-state index in [2.05, 4.69) is 40.8 Å². The minimum Gasteiger partial charge on any atom is -0.462 e. The quantitative estimate of drug-likeness (QED) is 0.850. The largest absolute Gasteiger partial charge is 0.462 e. The monoisotopic (exact) mass is 340 g/mol. The molecule has 2 aromatic rings. The number of carbonyl (C=O) groups excluding carboxylic acids is 1. The summed E-state index contributed by atoms with van der Waals surface area (Å²) in [5, 5.41) is 6.52. The van der Waals surface area contributed by atoms with E-state index in [9.17, 15) is 4.79 Å². The second-order valence-corrected chi connectivity index (χ2v) is 5.78. The Hall–Kier alpha value is -1.76. The Balaban J connectivity index is 0.000000246. The van der Waals surface area contributed by atoms with Gasteiger partial charge < -0.3 is 4.74 Å². The zero-order valence-electron chi connectivity index (χ0n) is 11.8. The van der Waals surface area contributed by atoms with E-state index in [-0.39, 0.29) is 5.60 Å². The first-order valence-corrected chi connectivity index (χ1v) is 6.73. The molecular weight excluding hydrogens is 324 g/mol. The highest BCUT2D eigenvalue weighted by Gasteiger charge is 2.07. The van der Waals surface area contributed by atoms with E-state index in [1.807, 2.05) is 39.8 Å². The molecule has 0 spiro atoms. The van der Waals surface area contributed by atoms with Gasteiger partial charge in [-0.1, -0.05) is 0 Å². The third kappa shape index (κ3) is 5.48. The van der Waals surface area contributed by atoms with Crippen molar-refractivity contribution in [2.75, 3.05) is 0 Å². The molecule has 7 heteroatoms. The van der Waals surface area contributed by atoms with Crippen LogP contribution in [0.2, 0.25) is 0 Å². The number of aromatic nitrogens is 4. The maximum Gasteiger partial charge on any atom is 0.293 e. The Labute approximate surface area is 126 Å². The Morgan fingerprint density at radius 2 is 2.05 bits per heavy atom. The van der Waals surface area contributed by atoms with Gasteiger partial charge in [0.2, 0.25) is 0 Å². The SMILES string of the molecule is CC(C)(C)OC=O.Cc1nc(-c2ncn[nH]2)ccc1Br. The van der Waals surface area contributed by atoms with Crippen LogP contribution in [0.4, 0.5) is 0 Å². The Morgan fingerprint density at radius 3 is 2.45 bits per heavy atom. The zero-order chi connectivity index (χ0) is 15.2. The molecule has 0 aliphatic heterocycles. The van der Waals surface area contributed by atoms with Gasteiger partial charge in [-0.05, 0) is 55.8 Å². The second-order valence-electron chi connectivity index (χ2n) is 4.92. The molecule has 0 aromatic carbocycles. The number of nitrogens with one attached hydrogen (secondary N) is 1. The van der Waals surface area contributed by atoms with Crippen LogP contribution in [-0.4, -0.2) is 32.2 Å². The van der Waals surface area contributed by atoms with E-state index in [1.165, 1.54) is 6.33 Å². The van der Waals surface area contributed by atoms with Gasteiger partial charge in [0, 0.05) is 4.47 Å². The van der Waals surface area contributed by atoms with Gasteiger partial charge in [0.25, 0.3) is 6.47 Å². The van der Waals surface area contributed by atoms with Crippen LogP contribution < -0.4 is 0 Å². The topological polar surface area (TPSA) is 80.8 Å². The molecule has 1 N–H and O–H groups in total. The van der Waals surface area contributed by atoms with Crippen LogP contribution >= 0.6 is 15.9 Å². The predicted molar refractivity (Wildman–Crippen MR) is 79.0 cm³/mol. The van der Waals surface area contributed by atoms with Crippen LogP contribution in [-0.2, 0) is 9.53 Å². The molecule has 0 fully saturated rings. The molecule has 0 saturated heterocycles. The van der Waals surface area contributed by atoms with Crippen LogP contribution in [0.25, 0.3) is 11.5 Å². The predicted octanol–water partition coefficient (Wildman–Crippen LogP) is 2.90. The maximum atomic E-state index is 9.60. The first-order chi connectivity index (χ1) is 9.33. The molecular formula is C13H17BrN4O2. The molecule has 0 aliphatic carbocycles. The Bertz CT molecular complexity index is 550.